The van der Waals surface area contributed by atoms with E-state index in [2.05, 4.69) is 26.0 Å². The first-order valence-corrected chi connectivity index (χ1v) is 12.9. The fourth-order valence-electron chi connectivity index (χ4n) is 4.95. The normalized spacial score (nSPS) is 26.9. The standard InChI is InChI=1S/C21H31BrN2O4S/c1-20(2,28-18-6-4-5-17(22)12-18)19(25)23-10-8-16-11-15-7-9-21(13-15,14-16)24-29(3,26)27/h4-6,12,15-16,24H,7-11,13-14H2,1-3H3,(H,23,25)/t15-,16?,21-/m0/s1. The molecule has 0 aliphatic heterocycles. The maximum atomic E-state index is 12.6. The van der Waals surface area contributed by atoms with Crippen LogP contribution in [0.3, 0.4) is 0 Å². The predicted molar refractivity (Wildman–Crippen MR) is 117 cm³/mol. The number of carbonyl (C=O) groups excluding carboxylic acids is 1. The zero-order chi connectivity index (χ0) is 21.3. The first-order chi connectivity index (χ1) is 13.5. The number of halogens is 1. The van der Waals surface area contributed by atoms with Gasteiger partial charge in [0.2, 0.25) is 10.0 Å². The molecule has 2 N–H and O–H groups in total. The molecule has 0 heterocycles. The zero-order valence-corrected chi connectivity index (χ0v) is 19.7. The Morgan fingerprint density at radius 1 is 1.34 bits per heavy atom. The molecule has 1 aromatic carbocycles. The molecule has 0 radical (unpaired) electrons. The molecule has 1 amide bonds. The number of carbonyl (C=O) groups is 1. The van der Waals surface area contributed by atoms with Gasteiger partial charge in [-0.05, 0) is 82.4 Å². The van der Waals surface area contributed by atoms with E-state index in [4.69, 9.17) is 4.74 Å². The highest BCUT2D eigenvalue weighted by Gasteiger charge is 2.46. The van der Waals surface area contributed by atoms with Gasteiger partial charge >= 0.3 is 0 Å². The largest absolute Gasteiger partial charge is 0.478 e. The molecule has 6 nitrogen and oxygen atoms in total. The van der Waals surface area contributed by atoms with Gasteiger partial charge in [-0.15, -0.1) is 0 Å². The third kappa shape index (κ3) is 6.18. The molecular weight excluding hydrogens is 456 g/mol. The van der Waals surface area contributed by atoms with Gasteiger partial charge in [0.1, 0.15) is 5.75 Å². The summed E-state index contributed by atoms with van der Waals surface area (Å²) in [6, 6.07) is 7.43. The van der Waals surface area contributed by atoms with Crippen LogP contribution < -0.4 is 14.8 Å². The molecule has 0 spiro atoms. The molecule has 3 atom stereocenters. The smallest absolute Gasteiger partial charge is 0.263 e. The van der Waals surface area contributed by atoms with E-state index in [1.807, 2.05) is 24.3 Å². The lowest BCUT2D eigenvalue weighted by molar-refractivity contribution is -0.134. The Morgan fingerprint density at radius 2 is 2.10 bits per heavy atom. The number of ether oxygens (including phenoxy) is 1. The van der Waals surface area contributed by atoms with E-state index in [0.717, 1.165) is 43.0 Å². The maximum absolute atomic E-state index is 12.6. The molecular formula is C21H31BrN2O4S. The van der Waals surface area contributed by atoms with Crippen molar-refractivity contribution in [3.8, 4) is 5.75 Å². The van der Waals surface area contributed by atoms with Crippen LogP contribution in [-0.4, -0.2) is 38.3 Å². The summed E-state index contributed by atoms with van der Waals surface area (Å²) >= 11 is 3.41. The Kier molecular flexibility index (Phi) is 6.65. The van der Waals surface area contributed by atoms with Gasteiger partial charge < -0.3 is 10.1 Å². The third-order valence-electron chi connectivity index (χ3n) is 6.01. The minimum atomic E-state index is -3.22. The third-order valence-corrected chi connectivity index (χ3v) is 7.31. The number of benzene rings is 1. The van der Waals surface area contributed by atoms with Crippen LogP contribution in [0, 0.1) is 11.8 Å². The van der Waals surface area contributed by atoms with Crippen LogP contribution in [0.4, 0.5) is 0 Å². The fraction of sp³-hybridized carbons (Fsp3) is 0.667. The molecule has 0 saturated heterocycles. The summed E-state index contributed by atoms with van der Waals surface area (Å²) in [5.41, 5.74) is -1.26. The highest BCUT2D eigenvalue weighted by atomic mass is 79.9. The number of hydrogen-bond donors (Lipinski definition) is 2. The van der Waals surface area contributed by atoms with Crippen molar-refractivity contribution < 1.29 is 17.9 Å². The van der Waals surface area contributed by atoms with Crippen molar-refractivity contribution in [2.75, 3.05) is 12.8 Å². The van der Waals surface area contributed by atoms with Crippen LogP contribution >= 0.6 is 15.9 Å². The van der Waals surface area contributed by atoms with Crippen molar-refractivity contribution in [3.63, 3.8) is 0 Å². The maximum Gasteiger partial charge on any atom is 0.263 e. The lowest BCUT2D eigenvalue weighted by Gasteiger charge is -2.38. The quantitative estimate of drug-likeness (QED) is 0.587. The molecule has 1 aromatic rings. The molecule has 29 heavy (non-hydrogen) atoms. The van der Waals surface area contributed by atoms with Gasteiger partial charge in [0, 0.05) is 16.6 Å². The Hall–Kier alpha value is -1.12. The van der Waals surface area contributed by atoms with E-state index in [1.165, 1.54) is 6.26 Å². The van der Waals surface area contributed by atoms with E-state index in [0.29, 0.717) is 24.1 Å². The number of rotatable bonds is 8. The summed E-state index contributed by atoms with van der Waals surface area (Å²) in [6.07, 6.45) is 7.00. The summed E-state index contributed by atoms with van der Waals surface area (Å²) < 4.78 is 33.3. The summed E-state index contributed by atoms with van der Waals surface area (Å²) in [5, 5.41) is 3.00. The molecule has 2 aliphatic carbocycles. The predicted octanol–water partition coefficient (Wildman–Crippen LogP) is 3.61. The first-order valence-electron chi connectivity index (χ1n) is 10.2. The van der Waals surface area contributed by atoms with Gasteiger partial charge in [0.25, 0.3) is 5.91 Å². The van der Waals surface area contributed by atoms with Crippen molar-refractivity contribution in [1.29, 1.82) is 0 Å². The second kappa shape index (κ2) is 8.55. The summed E-state index contributed by atoms with van der Waals surface area (Å²) in [6.45, 7) is 4.08. The van der Waals surface area contributed by atoms with Gasteiger partial charge in [-0.1, -0.05) is 22.0 Å². The molecule has 2 aliphatic rings. The zero-order valence-electron chi connectivity index (χ0n) is 17.3. The SMILES string of the molecule is CC(C)(Oc1cccc(Br)c1)C(=O)NCCC1C[C@@H]2CC[C@@](NS(C)(=O)=O)(C1)C2. The van der Waals surface area contributed by atoms with Crippen LogP contribution in [0.1, 0.15) is 52.4 Å². The first kappa shape index (κ1) is 22.6. The average molecular weight is 487 g/mol. The molecule has 162 valence electrons. The van der Waals surface area contributed by atoms with Crippen LogP contribution in [0.25, 0.3) is 0 Å². The van der Waals surface area contributed by atoms with Crippen molar-refractivity contribution in [1.82, 2.24) is 10.0 Å². The van der Waals surface area contributed by atoms with Crippen LogP contribution in [-0.2, 0) is 14.8 Å². The fourth-order valence-corrected chi connectivity index (χ4v) is 6.39. The van der Waals surface area contributed by atoms with Gasteiger partial charge in [-0.25, -0.2) is 13.1 Å². The number of nitrogens with one attached hydrogen (secondary N) is 2. The number of amides is 1. The van der Waals surface area contributed by atoms with E-state index in [-0.39, 0.29) is 11.4 Å². The van der Waals surface area contributed by atoms with E-state index in [9.17, 15) is 13.2 Å². The van der Waals surface area contributed by atoms with E-state index in [1.54, 1.807) is 13.8 Å². The van der Waals surface area contributed by atoms with E-state index < -0.39 is 15.6 Å². The van der Waals surface area contributed by atoms with Crippen LogP contribution in [0.2, 0.25) is 0 Å². The molecule has 8 heteroatoms. The lowest BCUT2D eigenvalue weighted by Crippen LogP contribution is -2.50. The van der Waals surface area contributed by atoms with Gasteiger partial charge in [0.05, 0.1) is 6.26 Å². The van der Waals surface area contributed by atoms with Gasteiger partial charge in [0.15, 0.2) is 5.60 Å². The van der Waals surface area contributed by atoms with Crippen molar-refractivity contribution in [3.05, 3.63) is 28.7 Å². The highest BCUT2D eigenvalue weighted by molar-refractivity contribution is 9.10. The monoisotopic (exact) mass is 486 g/mol. The molecule has 1 unspecified atom stereocenters. The second-order valence-electron chi connectivity index (χ2n) is 9.18. The molecule has 2 saturated carbocycles. The van der Waals surface area contributed by atoms with Crippen LogP contribution in [0.5, 0.6) is 5.75 Å². The van der Waals surface area contributed by atoms with Crippen molar-refractivity contribution in [2.45, 2.75) is 63.5 Å². The van der Waals surface area contributed by atoms with Gasteiger partial charge in [-0.2, -0.15) is 0 Å². The summed E-state index contributed by atoms with van der Waals surface area (Å²) in [7, 11) is -3.22. The summed E-state index contributed by atoms with van der Waals surface area (Å²) in [4.78, 5) is 12.6. The number of hydrogen-bond acceptors (Lipinski definition) is 4. The Labute approximate surface area is 182 Å². The minimum absolute atomic E-state index is 0.153. The van der Waals surface area contributed by atoms with Crippen molar-refractivity contribution in [2.24, 2.45) is 11.8 Å². The number of fused-ring (bicyclic) bond motifs is 2. The van der Waals surface area contributed by atoms with Crippen LogP contribution in [0.15, 0.2) is 28.7 Å². The van der Waals surface area contributed by atoms with E-state index >= 15 is 0 Å². The molecule has 2 bridgehead atoms. The lowest BCUT2D eigenvalue weighted by atomic mass is 9.75. The molecule has 2 fully saturated rings. The Balaban J connectivity index is 1.51. The topological polar surface area (TPSA) is 84.5 Å². The Morgan fingerprint density at radius 3 is 2.79 bits per heavy atom. The average Bonchev–Trinajstić information content (AvgIpc) is 2.86. The van der Waals surface area contributed by atoms with Crippen molar-refractivity contribution >= 4 is 31.9 Å². The Bertz CT molecular complexity index is 858. The molecule has 3 rings (SSSR count). The minimum Gasteiger partial charge on any atom is -0.478 e. The number of sulfonamides is 1. The van der Waals surface area contributed by atoms with Gasteiger partial charge in [-0.3, -0.25) is 4.79 Å². The second-order valence-corrected chi connectivity index (χ2v) is 11.8. The highest BCUT2D eigenvalue weighted by Crippen LogP contribution is 2.48. The molecule has 0 aromatic heterocycles. The summed E-state index contributed by atoms with van der Waals surface area (Å²) in [5.74, 6) is 1.48.